The van der Waals surface area contributed by atoms with E-state index in [4.69, 9.17) is 0 Å². The molecule has 0 N–H and O–H groups in total. The highest BCUT2D eigenvalue weighted by molar-refractivity contribution is 6.27. The molecule has 0 amide bonds. The van der Waals surface area contributed by atoms with Crippen molar-refractivity contribution in [1.29, 1.82) is 0 Å². The maximum absolute atomic E-state index is 2.46. The number of hydrogen-bond acceptors (Lipinski definition) is 1. The topological polar surface area (TPSA) is 3.24 Å². The van der Waals surface area contributed by atoms with E-state index in [2.05, 4.69) is 274 Å². The highest BCUT2D eigenvalue weighted by atomic mass is 15.1. The Labute approximate surface area is 431 Å². The van der Waals surface area contributed by atoms with Crippen LogP contribution in [-0.2, 0) is 0 Å². The van der Waals surface area contributed by atoms with Crippen LogP contribution in [0.1, 0.15) is 25.3 Å². The van der Waals surface area contributed by atoms with E-state index < -0.39 is 0 Å². The van der Waals surface area contributed by atoms with Gasteiger partial charge in [0.05, 0.1) is 0 Å². The van der Waals surface area contributed by atoms with Gasteiger partial charge in [-0.3, -0.25) is 0 Å². The molecule has 0 fully saturated rings. The maximum Gasteiger partial charge on any atom is 0.0468 e. The fourth-order valence-corrected chi connectivity index (χ4v) is 12.6. The van der Waals surface area contributed by atoms with Gasteiger partial charge >= 0.3 is 0 Å². The van der Waals surface area contributed by atoms with Crippen LogP contribution >= 0.6 is 0 Å². The fraction of sp³-hybridized carbons (Fsp3) is 0.0411. The van der Waals surface area contributed by atoms with Crippen molar-refractivity contribution >= 4 is 60.2 Å². The van der Waals surface area contributed by atoms with Crippen LogP contribution in [0, 0.1) is 0 Å². The number of anilines is 3. The van der Waals surface area contributed by atoms with Crippen LogP contribution < -0.4 is 4.90 Å². The van der Waals surface area contributed by atoms with Crippen LogP contribution in [0.25, 0.3) is 132 Å². The Morgan fingerprint density at radius 3 is 0.838 bits per heavy atom. The molecule has 0 saturated carbocycles. The summed E-state index contributed by atoms with van der Waals surface area (Å²) in [5, 5.41) is 10.0. The molecular weight excluding hydrogens is 891 g/mol. The van der Waals surface area contributed by atoms with Gasteiger partial charge in [-0.2, -0.15) is 0 Å². The second kappa shape index (κ2) is 16.6. The third kappa shape index (κ3) is 6.43. The molecule has 0 aliphatic heterocycles. The van der Waals surface area contributed by atoms with Gasteiger partial charge in [0.2, 0.25) is 0 Å². The van der Waals surface area contributed by atoms with Crippen LogP contribution in [0.15, 0.2) is 255 Å². The van der Waals surface area contributed by atoms with Gasteiger partial charge in [-0.15, -0.1) is 0 Å². The molecule has 346 valence electrons. The van der Waals surface area contributed by atoms with E-state index in [1.807, 2.05) is 0 Å². The number of fused-ring (bicyclic) bond motifs is 12. The summed E-state index contributed by atoms with van der Waals surface area (Å²) in [5.41, 5.74) is 25.5. The summed E-state index contributed by atoms with van der Waals surface area (Å²) in [5.74, 6) is 0.432. The van der Waals surface area contributed by atoms with Gasteiger partial charge in [-0.1, -0.05) is 208 Å². The molecule has 1 heteroatoms. The lowest BCUT2D eigenvalue weighted by Crippen LogP contribution is -2.10. The second-order valence-electron chi connectivity index (χ2n) is 20.5. The van der Waals surface area contributed by atoms with Crippen molar-refractivity contribution < 1.29 is 0 Å². The first-order valence-electron chi connectivity index (χ1n) is 26.0. The van der Waals surface area contributed by atoms with E-state index in [9.17, 15) is 0 Å². The first-order chi connectivity index (χ1) is 36.6. The summed E-state index contributed by atoms with van der Waals surface area (Å²) >= 11 is 0. The molecule has 13 aromatic carbocycles. The standard InChI is InChI=1S/C73H49N/c1-45(2)46-31-35-55(36-32-46)74(56-37-33-51-41-62-64(43-53(51)39-56)72-68(49-23-11-5-12-24-49)60-29-17-15-27-58(60)66(70(62)72)47-19-7-3-8-20-47)57-38-34-52-42-63-65(44-54(52)40-57)73-69(50-25-13-6-14-26-50)61-30-18-16-28-59(61)67(71(63)73)48-21-9-4-10-22-48/h3-45H,1-2H3. The molecule has 0 aromatic heterocycles. The van der Waals surface area contributed by atoms with Gasteiger partial charge in [-0.25, -0.2) is 0 Å². The van der Waals surface area contributed by atoms with Crippen molar-refractivity contribution in [1.82, 2.24) is 0 Å². The number of nitrogens with zero attached hydrogens (tertiary/aromatic N) is 1. The highest BCUT2D eigenvalue weighted by Crippen LogP contribution is 2.62. The van der Waals surface area contributed by atoms with Gasteiger partial charge in [0.25, 0.3) is 0 Å². The largest absolute Gasteiger partial charge is 0.310 e. The van der Waals surface area contributed by atoms with Gasteiger partial charge < -0.3 is 4.90 Å². The number of hydrogen-bond donors (Lipinski definition) is 0. The Morgan fingerprint density at radius 1 is 0.243 bits per heavy atom. The summed E-state index contributed by atoms with van der Waals surface area (Å²) in [7, 11) is 0. The van der Waals surface area contributed by atoms with E-state index in [0.717, 1.165) is 17.1 Å². The predicted octanol–water partition coefficient (Wildman–Crippen LogP) is 20.9. The molecule has 0 radical (unpaired) electrons. The first kappa shape index (κ1) is 42.4. The van der Waals surface area contributed by atoms with Crippen molar-refractivity contribution in [3.05, 3.63) is 260 Å². The molecule has 1 nitrogen and oxygen atoms in total. The normalized spacial score (nSPS) is 12.0. The number of rotatable bonds is 8. The fourth-order valence-electron chi connectivity index (χ4n) is 12.6. The molecule has 15 rings (SSSR count). The summed E-state index contributed by atoms with van der Waals surface area (Å²) in [4.78, 5) is 2.45. The summed E-state index contributed by atoms with van der Waals surface area (Å²) in [6.07, 6.45) is 0. The minimum absolute atomic E-state index is 0.432. The van der Waals surface area contributed by atoms with Gasteiger partial charge in [0.15, 0.2) is 0 Å². The summed E-state index contributed by atoms with van der Waals surface area (Å²) < 4.78 is 0. The zero-order chi connectivity index (χ0) is 49.0. The average molecular weight is 940 g/mol. The van der Waals surface area contributed by atoms with Crippen molar-refractivity contribution in [2.24, 2.45) is 0 Å². The van der Waals surface area contributed by atoms with Gasteiger partial charge in [0, 0.05) is 17.1 Å². The quantitative estimate of drug-likeness (QED) is 0.147. The minimum Gasteiger partial charge on any atom is -0.310 e. The molecule has 74 heavy (non-hydrogen) atoms. The van der Waals surface area contributed by atoms with E-state index in [1.54, 1.807) is 0 Å². The van der Waals surface area contributed by atoms with Crippen molar-refractivity contribution in [2.45, 2.75) is 19.8 Å². The minimum atomic E-state index is 0.432. The molecule has 0 atom stereocenters. The molecule has 0 unspecified atom stereocenters. The van der Waals surface area contributed by atoms with Crippen molar-refractivity contribution in [2.75, 3.05) is 4.90 Å². The highest BCUT2D eigenvalue weighted by Gasteiger charge is 2.34. The Balaban J connectivity index is 0.909. The molecule has 0 saturated heterocycles. The van der Waals surface area contributed by atoms with Gasteiger partial charge in [-0.05, 0) is 204 Å². The van der Waals surface area contributed by atoms with E-state index in [-0.39, 0.29) is 0 Å². The average Bonchev–Trinajstić information content (AvgIpc) is 3.47. The Hall–Kier alpha value is -9.30. The Bertz CT molecular complexity index is 4140. The molecule has 2 aliphatic carbocycles. The van der Waals surface area contributed by atoms with Crippen LogP contribution in [-0.4, -0.2) is 0 Å². The van der Waals surface area contributed by atoms with Crippen LogP contribution in [0.3, 0.4) is 0 Å². The van der Waals surface area contributed by atoms with Crippen molar-refractivity contribution in [3.63, 3.8) is 0 Å². The monoisotopic (exact) mass is 939 g/mol. The lowest BCUT2D eigenvalue weighted by atomic mass is 9.70. The zero-order valence-electron chi connectivity index (χ0n) is 41.3. The molecule has 13 aromatic rings. The Morgan fingerprint density at radius 2 is 0.527 bits per heavy atom. The van der Waals surface area contributed by atoms with E-state index in [0.29, 0.717) is 5.92 Å². The lowest BCUT2D eigenvalue weighted by Gasteiger charge is -2.33. The SMILES string of the molecule is CC(C)c1ccc(N(c2ccc3cc4c(cc3c2)-c2c-4c(-c3ccccc3)c3ccccc3c2-c2ccccc2)c2ccc3cc4c(cc3c2)-c2c-4c(-c3ccccc3)c3ccccc3c2-c2ccccc2)cc1. The first-order valence-corrected chi connectivity index (χ1v) is 26.0. The second-order valence-corrected chi connectivity index (χ2v) is 20.5. The lowest BCUT2D eigenvalue weighted by molar-refractivity contribution is 0.866. The third-order valence-corrected chi connectivity index (χ3v) is 16.0. The molecule has 0 spiro atoms. The third-order valence-electron chi connectivity index (χ3n) is 16.0. The predicted molar refractivity (Wildman–Crippen MR) is 316 cm³/mol. The van der Waals surface area contributed by atoms with E-state index >= 15 is 0 Å². The molecular formula is C73H49N. The number of benzene rings is 13. The van der Waals surface area contributed by atoms with Crippen LogP contribution in [0.4, 0.5) is 17.1 Å². The van der Waals surface area contributed by atoms with Gasteiger partial charge in [0.1, 0.15) is 0 Å². The van der Waals surface area contributed by atoms with Crippen LogP contribution in [0.2, 0.25) is 0 Å². The van der Waals surface area contributed by atoms with Crippen molar-refractivity contribution in [3.8, 4) is 89.0 Å². The molecule has 0 heterocycles. The molecule has 0 bridgehead atoms. The van der Waals surface area contributed by atoms with E-state index in [1.165, 1.54) is 138 Å². The Kier molecular flexibility index (Phi) is 9.53. The zero-order valence-corrected chi connectivity index (χ0v) is 41.3. The smallest absolute Gasteiger partial charge is 0.0468 e. The molecule has 2 aliphatic rings. The van der Waals surface area contributed by atoms with Crippen LogP contribution in [0.5, 0.6) is 0 Å². The summed E-state index contributed by atoms with van der Waals surface area (Å²) in [6, 6.07) is 95.0. The summed E-state index contributed by atoms with van der Waals surface area (Å²) in [6.45, 7) is 4.54. The maximum atomic E-state index is 2.46.